The minimum absolute atomic E-state index is 0.00169. The van der Waals surface area contributed by atoms with Crippen molar-refractivity contribution in [2.24, 2.45) is 0 Å². The quantitative estimate of drug-likeness (QED) is 0.158. The standard InChI is InChI=1S/C33H23N3O4/c37-36(38)26-9-7-8-25(22-26)33-34-31(23-14-18-29(19-15-23)39-27-10-3-1-4-11-27)32(35-33)24-16-20-30(21-17-24)40-28-12-5-2-6-13-28/h1-22H,(H,34,35). The first-order valence-corrected chi connectivity index (χ1v) is 12.6. The molecule has 0 fully saturated rings. The van der Waals surface area contributed by atoms with E-state index in [4.69, 9.17) is 14.5 Å². The lowest BCUT2D eigenvalue weighted by Gasteiger charge is -2.08. The van der Waals surface area contributed by atoms with Gasteiger partial charge in [-0.3, -0.25) is 10.1 Å². The number of hydrogen-bond acceptors (Lipinski definition) is 5. The van der Waals surface area contributed by atoms with E-state index in [9.17, 15) is 10.1 Å². The van der Waals surface area contributed by atoms with Gasteiger partial charge in [0.1, 0.15) is 28.8 Å². The van der Waals surface area contributed by atoms with Crippen LogP contribution in [0.5, 0.6) is 23.0 Å². The SMILES string of the molecule is O=[N+]([O-])c1cccc(-c2nc(-c3ccc(Oc4ccccc4)cc3)c(-c3ccc(Oc4ccccc4)cc3)[nH]2)c1. The number of aromatic nitrogens is 2. The number of rotatable bonds is 8. The third-order valence-electron chi connectivity index (χ3n) is 6.26. The van der Waals surface area contributed by atoms with Crippen molar-refractivity contribution in [1.82, 2.24) is 9.97 Å². The van der Waals surface area contributed by atoms with Gasteiger partial charge in [-0.1, -0.05) is 48.5 Å². The van der Waals surface area contributed by atoms with Gasteiger partial charge in [0.05, 0.1) is 16.3 Å². The van der Waals surface area contributed by atoms with Crippen molar-refractivity contribution in [2.75, 3.05) is 0 Å². The fourth-order valence-corrected chi connectivity index (χ4v) is 4.31. The summed E-state index contributed by atoms with van der Waals surface area (Å²) in [5, 5.41) is 11.4. The molecule has 7 nitrogen and oxygen atoms in total. The Morgan fingerprint density at radius 3 is 1.65 bits per heavy atom. The number of nitrogens with zero attached hydrogens (tertiary/aromatic N) is 2. The molecule has 0 atom stereocenters. The van der Waals surface area contributed by atoms with E-state index in [1.807, 2.05) is 109 Å². The first-order chi connectivity index (χ1) is 19.6. The molecule has 0 amide bonds. The monoisotopic (exact) mass is 525 g/mol. The third-order valence-corrected chi connectivity index (χ3v) is 6.26. The number of nitro groups is 1. The van der Waals surface area contributed by atoms with Crippen LogP contribution in [0.1, 0.15) is 0 Å². The number of ether oxygens (including phenoxy) is 2. The lowest BCUT2D eigenvalue weighted by atomic mass is 10.0. The number of non-ortho nitro benzene ring substituents is 1. The summed E-state index contributed by atoms with van der Waals surface area (Å²) in [5.74, 6) is 3.44. The van der Waals surface area contributed by atoms with E-state index >= 15 is 0 Å². The van der Waals surface area contributed by atoms with Gasteiger partial charge in [0.15, 0.2) is 0 Å². The number of nitro benzene ring substituents is 1. The predicted octanol–water partition coefficient (Wildman–Crippen LogP) is 8.90. The molecule has 0 unspecified atom stereocenters. The van der Waals surface area contributed by atoms with E-state index in [-0.39, 0.29) is 5.69 Å². The van der Waals surface area contributed by atoms with Gasteiger partial charge in [-0.2, -0.15) is 0 Å². The number of para-hydroxylation sites is 2. The number of aromatic amines is 1. The molecule has 0 aliphatic heterocycles. The highest BCUT2D eigenvalue weighted by molar-refractivity contribution is 5.82. The summed E-state index contributed by atoms with van der Waals surface area (Å²) >= 11 is 0. The molecule has 194 valence electrons. The molecule has 6 rings (SSSR count). The van der Waals surface area contributed by atoms with Crippen molar-refractivity contribution in [1.29, 1.82) is 0 Å². The highest BCUT2D eigenvalue weighted by Gasteiger charge is 2.17. The van der Waals surface area contributed by atoms with Gasteiger partial charge >= 0.3 is 0 Å². The van der Waals surface area contributed by atoms with Crippen LogP contribution in [0.15, 0.2) is 133 Å². The van der Waals surface area contributed by atoms with Crippen LogP contribution in [-0.4, -0.2) is 14.9 Å². The number of H-pyrrole nitrogens is 1. The van der Waals surface area contributed by atoms with Gasteiger partial charge in [0.2, 0.25) is 0 Å². The molecule has 0 spiro atoms. The normalized spacial score (nSPS) is 10.7. The molecule has 1 aromatic heterocycles. The van der Waals surface area contributed by atoms with Gasteiger partial charge in [0.25, 0.3) is 5.69 Å². The van der Waals surface area contributed by atoms with Gasteiger partial charge in [-0.05, 0) is 72.8 Å². The van der Waals surface area contributed by atoms with Gasteiger partial charge in [0, 0.05) is 28.8 Å². The number of benzene rings is 5. The Kier molecular flexibility index (Phi) is 6.75. The molecule has 0 radical (unpaired) electrons. The first kappa shape index (κ1) is 24.6. The summed E-state index contributed by atoms with van der Waals surface area (Å²) in [6.07, 6.45) is 0. The van der Waals surface area contributed by atoms with Crippen LogP contribution in [-0.2, 0) is 0 Å². The first-order valence-electron chi connectivity index (χ1n) is 12.6. The van der Waals surface area contributed by atoms with Crippen LogP contribution in [0.3, 0.4) is 0 Å². The number of nitrogens with one attached hydrogen (secondary N) is 1. The summed E-state index contributed by atoms with van der Waals surface area (Å²) in [7, 11) is 0. The summed E-state index contributed by atoms with van der Waals surface area (Å²) in [6.45, 7) is 0. The molecule has 0 bridgehead atoms. The second-order valence-electron chi connectivity index (χ2n) is 9.00. The molecular weight excluding hydrogens is 502 g/mol. The van der Waals surface area contributed by atoms with E-state index < -0.39 is 4.92 Å². The summed E-state index contributed by atoms with van der Waals surface area (Å²) in [4.78, 5) is 19.2. The Bertz CT molecular complexity index is 1650. The van der Waals surface area contributed by atoms with Gasteiger partial charge in [-0.25, -0.2) is 4.98 Å². The zero-order valence-corrected chi connectivity index (χ0v) is 21.2. The van der Waals surface area contributed by atoms with E-state index in [2.05, 4.69) is 4.98 Å². The molecule has 5 aromatic carbocycles. The van der Waals surface area contributed by atoms with Crippen molar-refractivity contribution in [3.05, 3.63) is 144 Å². The lowest BCUT2D eigenvalue weighted by molar-refractivity contribution is -0.384. The lowest BCUT2D eigenvalue weighted by Crippen LogP contribution is -1.89. The molecule has 0 saturated carbocycles. The zero-order valence-electron chi connectivity index (χ0n) is 21.2. The smallest absolute Gasteiger partial charge is 0.270 e. The topological polar surface area (TPSA) is 90.3 Å². The zero-order chi connectivity index (χ0) is 27.3. The maximum Gasteiger partial charge on any atom is 0.270 e. The number of imidazole rings is 1. The molecule has 0 aliphatic carbocycles. The Hall–Kier alpha value is -5.69. The molecule has 1 N–H and O–H groups in total. The Morgan fingerprint density at radius 1 is 0.575 bits per heavy atom. The average Bonchev–Trinajstić information content (AvgIpc) is 3.45. The van der Waals surface area contributed by atoms with Gasteiger partial charge < -0.3 is 14.5 Å². The van der Waals surface area contributed by atoms with Crippen LogP contribution < -0.4 is 9.47 Å². The van der Waals surface area contributed by atoms with Crippen molar-refractivity contribution in [3.63, 3.8) is 0 Å². The summed E-state index contributed by atoms with van der Waals surface area (Å²) in [6, 6.07) is 41.0. The second-order valence-corrected chi connectivity index (χ2v) is 9.00. The third kappa shape index (κ3) is 5.44. The van der Waals surface area contributed by atoms with Crippen molar-refractivity contribution < 1.29 is 14.4 Å². The van der Waals surface area contributed by atoms with Crippen LogP contribution in [0.4, 0.5) is 5.69 Å². The predicted molar refractivity (Wildman–Crippen MR) is 155 cm³/mol. The largest absolute Gasteiger partial charge is 0.457 e. The molecule has 40 heavy (non-hydrogen) atoms. The maximum absolute atomic E-state index is 11.4. The van der Waals surface area contributed by atoms with Crippen molar-refractivity contribution in [3.8, 4) is 56.9 Å². The molecule has 0 saturated heterocycles. The molecule has 1 heterocycles. The number of hydrogen-bond donors (Lipinski definition) is 1. The fraction of sp³-hybridized carbons (Fsp3) is 0. The summed E-state index contributed by atoms with van der Waals surface area (Å²) < 4.78 is 11.9. The Labute approximate surface area is 230 Å². The second kappa shape index (κ2) is 11.0. The van der Waals surface area contributed by atoms with E-state index in [0.717, 1.165) is 28.3 Å². The minimum atomic E-state index is -0.412. The van der Waals surface area contributed by atoms with Crippen LogP contribution in [0, 0.1) is 10.1 Å². The Balaban J connectivity index is 1.36. The minimum Gasteiger partial charge on any atom is -0.457 e. The van der Waals surface area contributed by atoms with Crippen LogP contribution in [0.25, 0.3) is 33.9 Å². The van der Waals surface area contributed by atoms with Gasteiger partial charge in [-0.15, -0.1) is 0 Å². The average molecular weight is 526 g/mol. The van der Waals surface area contributed by atoms with E-state index in [1.165, 1.54) is 12.1 Å². The summed E-state index contributed by atoms with van der Waals surface area (Å²) in [5.41, 5.74) is 3.88. The van der Waals surface area contributed by atoms with Crippen LogP contribution >= 0.6 is 0 Å². The van der Waals surface area contributed by atoms with E-state index in [1.54, 1.807) is 12.1 Å². The molecule has 7 heteroatoms. The van der Waals surface area contributed by atoms with Crippen molar-refractivity contribution >= 4 is 5.69 Å². The van der Waals surface area contributed by atoms with Crippen molar-refractivity contribution in [2.45, 2.75) is 0 Å². The van der Waals surface area contributed by atoms with Crippen LogP contribution in [0.2, 0.25) is 0 Å². The Morgan fingerprint density at radius 2 is 1.10 bits per heavy atom. The highest BCUT2D eigenvalue weighted by Crippen LogP contribution is 2.36. The molecule has 6 aromatic rings. The van der Waals surface area contributed by atoms with E-state index in [0.29, 0.717) is 28.6 Å². The molecular formula is C33H23N3O4. The highest BCUT2D eigenvalue weighted by atomic mass is 16.6. The fourth-order valence-electron chi connectivity index (χ4n) is 4.31. The maximum atomic E-state index is 11.4. The molecule has 0 aliphatic rings.